The van der Waals surface area contributed by atoms with Gasteiger partial charge in [-0.25, -0.2) is 0 Å². The number of carbonyl (C=O) groups excluding carboxylic acids is 2. The van der Waals surface area contributed by atoms with E-state index in [1.807, 2.05) is 36.4 Å². The number of nitrogens with one attached hydrogen (secondary N) is 2. The smallest absolute Gasteiger partial charge is 0.252 e. The Labute approximate surface area is 184 Å². The van der Waals surface area contributed by atoms with Crippen molar-refractivity contribution in [2.75, 3.05) is 18.9 Å². The van der Waals surface area contributed by atoms with Gasteiger partial charge in [0.2, 0.25) is 5.91 Å². The van der Waals surface area contributed by atoms with Crippen molar-refractivity contribution in [1.82, 2.24) is 10.6 Å². The quantitative estimate of drug-likeness (QED) is 0.525. The third kappa shape index (κ3) is 5.61. The average Bonchev–Trinajstić information content (AvgIpc) is 3.33. The summed E-state index contributed by atoms with van der Waals surface area (Å²) < 4.78 is 16.8. The Morgan fingerprint density at radius 2 is 1.77 bits per heavy atom. The lowest BCUT2D eigenvalue weighted by Crippen LogP contribution is -2.40. The first-order valence-electron chi connectivity index (χ1n) is 9.86. The number of furan rings is 1. The van der Waals surface area contributed by atoms with E-state index >= 15 is 0 Å². The Morgan fingerprint density at radius 1 is 0.968 bits per heavy atom. The van der Waals surface area contributed by atoms with Gasteiger partial charge in [0.05, 0.1) is 30.7 Å². The third-order valence-electron chi connectivity index (χ3n) is 4.59. The molecule has 0 saturated carbocycles. The minimum Gasteiger partial charge on any atom is -0.486 e. The van der Waals surface area contributed by atoms with Gasteiger partial charge in [-0.15, -0.1) is 11.8 Å². The van der Waals surface area contributed by atoms with Crippen LogP contribution in [0.5, 0.6) is 11.5 Å². The van der Waals surface area contributed by atoms with E-state index in [0.717, 1.165) is 4.90 Å². The molecule has 0 radical (unpaired) electrons. The van der Waals surface area contributed by atoms with E-state index in [2.05, 4.69) is 10.6 Å². The minimum absolute atomic E-state index is 0.136. The van der Waals surface area contributed by atoms with Crippen LogP contribution in [0, 0.1) is 0 Å². The second-order valence-electron chi connectivity index (χ2n) is 6.85. The highest BCUT2D eigenvalue weighted by Crippen LogP contribution is 2.30. The van der Waals surface area contributed by atoms with Crippen LogP contribution < -0.4 is 20.1 Å². The summed E-state index contributed by atoms with van der Waals surface area (Å²) in [5.41, 5.74) is 0.517. The van der Waals surface area contributed by atoms with E-state index in [4.69, 9.17) is 13.9 Å². The molecule has 1 aromatic heterocycles. The summed E-state index contributed by atoms with van der Waals surface area (Å²) in [5, 5.41) is 5.70. The number of thioether (sulfide) groups is 1. The van der Waals surface area contributed by atoms with Gasteiger partial charge >= 0.3 is 0 Å². The molecular weight excluding hydrogens is 416 g/mol. The van der Waals surface area contributed by atoms with Gasteiger partial charge in [0, 0.05) is 4.90 Å². The van der Waals surface area contributed by atoms with E-state index in [9.17, 15) is 9.59 Å². The normalized spacial score (nSPS) is 14.6. The minimum atomic E-state index is -0.272. The second-order valence-corrected chi connectivity index (χ2v) is 7.87. The SMILES string of the molecule is O=C(CSc1ccccc1C(=O)NC[C@H]1COc2ccccc2O1)NCc1ccco1. The van der Waals surface area contributed by atoms with Crippen LogP contribution in [0.1, 0.15) is 16.1 Å². The molecule has 2 heterocycles. The van der Waals surface area contributed by atoms with Crippen molar-refractivity contribution in [3.05, 3.63) is 78.3 Å². The summed E-state index contributed by atoms with van der Waals surface area (Å²) in [6.07, 6.45) is 1.29. The molecule has 0 saturated heterocycles. The second kappa shape index (κ2) is 10.1. The summed E-state index contributed by atoms with van der Waals surface area (Å²) >= 11 is 1.31. The predicted octanol–water partition coefficient (Wildman–Crippen LogP) is 3.26. The monoisotopic (exact) mass is 438 g/mol. The lowest BCUT2D eigenvalue weighted by molar-refractivity contribution is -0.118. The number of hydrogen-bond acceptors (Lipinski definition) is 6. The highest BCUT2D eigenvalue weighted by atomic mass is 32.2. The van der Waals surface area contributed by atoms with Gasteiger partial charge in [0.25, 0.3) is 5.91 Å². The van der Waals surface area contributed by atoms with Gasteiger partial charge in [-0.2, -0.15) is 0 Å². The first kappa shape index (κ1) is 20.9. The van der Waals surface area contributed by atoms with Crippen LogP contribution in [-0.2, 0) is 11.3 Å². The van der Waals surface area contributed by atoms with Crippen LogP contribution >= 0.6 is 11.8 Å². The molecule has 8 heteroatoms. The molecule has 1 aliphatic heterocycles. The molecule has 2 aromatic carbocycles. The Balaban J connectivity index is 1.28. The molecule has 2 amide bonds. The number of fused-ring (bicyclic) bond motifs is 1. The molecule has 1 aliphatic rings. The molecule has 3 aromatic rings. The maximum atomic E-state index is 12.7. The molecule has 0 bridgehead atoms. The zero-order valence-corrected chi connectivity index (χ0v) is 17.5. The van der Waals surface area contributed by atoms with Gasteiger partial charge in [-0.05, 0) is 36.4 Å². The first-order valence-corrected chi connectivity index (χ1v) is 10.8. The van der Waals surface area contributed by atoms with Crippen molar-refractivity contribution in [3.63, 3.8) is 0 Å². The van der Waals surface area contributed by atoms with Crippen LogP contribution in [0.3, 0.4) is 0 Å². The zero-order chi connectivity index (χ0) is 21.5. The third-order valence-corrected chi connectivity index (χ3v) is 5.66. The number of benzene rings is 2. The van der Waals surface area contributed by atoms with E-state index in [-0.39, 0.29) is 23.7 Å². The summed E-state index contributed by atoms with van der Waals surface area (Å²) in [6, 6.07) is 18.2. The topological polar surface area (TPSA) is 89.8 Å². The Kier molecular flexibility index (Phi) is 6.78. The van der Waals surface area contributed by atoms with Gasteiger partial charge in [-0.3, -0.25) is 9.59 Å². The fourth-order valence-electron chi connectivity index (χ4n) is 3.04. The molecule has 1 atom stereocenters. The average molecular weight is 439 g/mol. The van der Waals surface area contributed by atoms with Gasteiger partial charge in [0.15, 0.2) is 11.5 Å². The molecule has 4 rings (SSSR count). The van der Waals surface area contributed by atoms with Gasteiger partial charge in [0.1, 0.15) is 18.5 Å². The zero-order valence-electron chi connectivity index (χ0n) is 16.7. The maximum Gasteiger partial charge on any atom is 0.252 e. The van der Waals surface area contributed by atoms with Crippen LogP contribution in [-0.4, -0.2) is 36.8 Å². The molecule has 7 nitrogen and oxygen atoms in total. The number of amides is 2. The lowest BCUT2D eigenvalue weighted by Gasteiger charge is -2.26. The number of hydrogen-bond donors (Lipinski definition) is 2. The van der Waals surface area contributed by atoms with Crippen molar-refractivity contribution < 1.29 is 23.5 Å². The van der Waals surface area contributed by atoms with Crippen molar-refractivity contribution in [2.45, 2.75) is 17.5 Å². The standard InChI is InChI=1S/C23H22N2O5S/c26-22(24-12-16-6-5-11-28-16)15-31-21-10-4-1-7-18(21)23(27)25-13-17-14-29-19-8-2-3-9-20(19)30-17/h1-11,17H,12-15H2,(H,24,26)(H,25,27)/t17-/m0/s1. The Hall–Kier alpha value is -3.39. The summed E-state index contributed by atoms with van der Waals surface area (Å²) in [4.78, 5) is 25.6. The molecule has 31 heavy (non-hydrogen) atoms. The fourth-order valence-corrected chi connectivity index (χ4v) is 3.92. The fraction of sp³-hybridized carbons (Fsp3) is 0.217. The molecule has 0 aliphatic carbocycles. The molecule has 0 unspecified atom stereocenters. The molecule has 2 N–H and O–H groups in total. The maximum absolute atomic E-state index is 12.7. The van der Waals surface area contributed by atoms with Crippen LogP contribution in [0.4, 0.5) is 0 Å². The number of ether oxygens (including phenoxy) is 2. The molecular formula is C23H22N2O5S. The number of carbonyl (C=O) groups is 2. The van der Waals surface area contributed by atoms with E-state index in [0.29, 0.717) is 42.5 Å². The van der Waals surface area contributed by atoms with Crippen molar-refractivity contribution in [1.29, 1.82) is 0 Å². The van der Waals surface area contributed by atoms with E-state index < -0.39 is 0 Å². The summed E-state index contributed by atoms with van der Waals surface area (Å²) in [6.45, 7) is 1.01. The Bertz CT molecular complexity index is 1040. The molecule has 160 valence electrons. The predicted molar refractivity (Wildman–Crippen MR) is 116 cm³/mol. The van der Waals surface area contributed by atoms with Crippen LogP contribution in [0.25, 0.3) is 0 Å². The van der Waals surface area contributed by atoms with Crippen molar-refractivity contribution >= 4 is 23.6 Å². The van der Waals surface area contributed by atoms with Crippen molar-refractivity contribution in [3.8, 4) is 11.5 Å². The highest BCUT2D eigenvalue weighted by Gasteiger charge is 2.22. The highest BCUT2D eigenvalue weighted by molar-refractivity contribution is 8.00. The summed E-state index contributed by atoms with van der Waals surface area (Å²) in [7, 11) is 0. The number of rotatable bonds is 8. The van der Waals surface area contributed by atoms with Gasteiger partial charge in [-0.1, -0.05) is 24.3 Å². The Morgan fingerprint density at radius 3 is 2.61 bits per heavy atom. The lowest BCUT2D eigenvalue weighted by atomic mass is 10.2. The van der Waals surface area contributed by atoms with E-state index in [1.54, 1.807) is 30.5 Å². The molecule has 0 fully saturated rings. The summed E-state index contributed by atoms with van der Waals surface area (Å²) in [5.74, 6) is 1.90. The molecule has 0 spiro atoms. The first-order chi connectivity index (χ1) is 15.2. The van der Waals surface area contributed by atoms with E-state index in [1.165, 1.54) is 11.8 Å². The largest absolute Gasteiger partial charge is 0.486 e. The van der Waals surface area contributed by atoms with Crippen molar-refractivity contribution in [2.24, 2.45) is 0 Å². The van der Waals surface area contributed by atoms with Crippen LogP contribution in [0.15, 0.2) is 76.2 Å². The van der Waals surface area contributed by atoms with Crippen LogP contribution in [0.2, 0.25) is 0 Å². The van der Waals surface area contributed by atoms with Gasteiger partial charge < -0.3 is 24.5 Å². The number of para-hydroxylation sites is 2.